The number of nitrogens with one attached hydrogen (secondary N) is 2. The highest BCUT2D eigenvalue weighted by Crippen LogP contribution is 2.45. The maximum atomic E-state index is 13.3. The third kappa shape index (κ3) is 4.64. The van der Waals surface area contributed by atoms with Gasteiger partial charge in [0.15, 0.2) is 0 Å². The van der Waals surface area contributed by atoms with Crippen molar-refractivity contribution in [2.24, 2.45) is 11.8 Å². The highest BCUT2D eigenvalue weighted by atomic mass is 16.5. The van der Waals surface area contributed by atoms with Crippen molar-refractivity contribution in [2.75, 3.05) is 6.61 Å². The van der Waals surface area contributed by atoms with Gasteiger partial charge in [0.25, 0.3) is 0 Å². The van der Waals surface area contributed by atoms with Crippen LogP contribution in [0.5, 0.6) is 0 Å². The third-order valence-electron chi connectivity index (χ3n) is 7.93. The van der Waals surface area contributed by atoms with E-state index in [-0.39, 0.29) is 30.4 Å². The number of alkyl carbamates (subject to hydrolysis) is 1. The summed E-state index contributed by atoms with van der Waals surface area (Å²) >= 11 is 0. The zero-order valence-corrected chi connectivity index (χ0v) is 20.0. The number of rotatable bonds is 7. The number of aliphatic carboxylic acids is 1. The maximum absolute atomic E-state index is 13.3. The second-order valence-electron chi connectivity index (χ2n) is 10.3. The van der Waals surface area contributed by atoms with Crippen LogP contribution in [0.3, 0.4) is 0 Å². The van der Waals surface area contributed by atoms with Crippen molar-refractivity contribution in [1.82, 2.24) is 10.6 Å². The van der Waals surface area contributed by atoms with Crippen LogP contribution in [0, 0.1) is 11.8 Å². The Bertz CT molecular complexity index is 1100. The van der Waals surface area contributed by atoms with Crippen LogP contribution in [-0.4, -0.2) is 41.3 Å². The van der Waals surface area contributed by atoms with Crippen LogP contribution in [-0.2, 0) is 14.3 Å². The lowest BCUT2D eigenvalue weighted by Crippen LogP contribution is -2.60. The zero-order valence-electron chi connectivity index (χ0n) is 20.0. The fourth-order valence-electron chi connectivity index (χ4n) is 5.73. The molecule has 2 saturated carbocycles. The van der Waals surface area contributed by atoms with Crippen molar-refractivity contribution in [3.8, 4) is 11.1 Å². The van der Waals surface area contributed by atoms with Crippen molar-refractivity contribution < 1.29 is 24.2 Å². The molecule has 0 bridgehead atoms. The van der Waals surface area contributed by atoms with Gasteiger partial charge in [-0.3, -0.25) is 9.59 Å². The van der Waals surface area contributed by atoms with Gasteiger partial charge in [0, 0.05) is 12.0 Å². The Hall–Kier alpha value is -3.35. The molecule has 0 aliphatic heterocycles. The van der Waals surface area contributed by atoms with E-state index in [0.717, 1.165) is 47.9 Å². The average Bonchev–Trinajstić information content (AvgIpc) is 3.67. The monoisotopic (exact) mass is 476 g/mol. The molecule has 2 amide bonds. The average molecular weight is 477 g/mol. The minimum Gasteiger partial charge on any atom is -0.481 e. The molecule has 5 rings (SSSR count). The normalized spacial score (nSPS) is 22.9. The first-order valence-electron chi connectivity index (χ1n) is 12.5. The molecule has 3 aliphatic rings. The van der Waals surface area contributed by atoms with E-state index in [0.29, 0.717) is 12.8 Å². The number of fused-ring (bicyclic) bond motifs is 3. The van der Waals surface area contributed by atoms with Gasteiger partial charge in [0.05, 0.1) is 5.92 Å². The number of benzene rings is 2. The van der Waals surface area contributed by atoms with Crippen LogP contribution >= 0.6 is 0 Å². The topological polar surface area (TPSA) is 105 Å². The van der Waals surface area contributed by atoms with Crippen LogP contribution in [0.15, 0.2) is 48.5 Å². The van der Waals surface area contributed by atoms with E-state index < -0.39 is 23.5 Å². The van der Waals surface area contributed by atoms with Crippen molar-refractivity contribution in [3.05, 3.63) is 59.7 Å². The van der Waals surface area contributed by atoms with Gasteiger partial charge in [0.2, 0.25) is 5.91 Å². The van der Waals surface area contributed by atoms with Crippen LogP contribution in [0.4, 0.5) is 4.79 Å². The van der Waals surface area contributed by atoms with Gasteiger partial charge in [-0.2, -0.15) is 0 Å². The van der Waals surface area contributed by atoms with Gasteiger partial charge in [-0.1, -0.05) is 55.0 Å². The Labute approximate surface area is 205 Å². The standard InChI is InChI=1S/C28H32N2O5/c1-28(18-13-14-18,26(33)29-19-8-6-7-17(15-19)25(31)32)30-27(34)35-16-24-22-11-4-2-9-20(22)21-10-3-5-12-23(21)24/h2-5,9-12,17-19,24H,6-8,13-16H2,1H3,(H,29,33)(H,30,34)(H,31,32)/t17-,19+,28?/m1/s1. The summed E-state index contributed by atoms with van der Waals surface area (Å²) in [5.41, 5.74) is 3.50. The predicted molar refractivity (Wildman–Crippen MR) is 131 cm³/mol. The van der Waals surface area contributed by atoms with E-state index >= 15 is 0 Å². The van der Waals surface area contributed by atoms with Gasteiger partial charge in [0.1, 0.15) is 12.1 Å². The van der Waals surface area contributed by atoms with Crippen molar-refractivity contribution in [1.29, 1.82) is 0 Å². The van der Waals surface area contributed by atoms with E-state index in [9.17, 15) is 19.5 Å². The summed E-state index contributed by atoms with van der Waals surface area (Å²) in [6.07, 6.45) is 3.69. The first-order valence-corrected chi connectivity index (χ1v) is 12.5. The summed E-state index contributed by atoms with van der Waals surface area (Å²) in [7, 11) is 0. The number of hydrogen-bond acceptors (Lipinski definition) is 4. The molecule has 7 heteroatoms. The number of carboxylic acids is 1. The largest absolute Gasteiger partial charge is 0.481 e. The number of carbonyl (C=O) groups excluding carboxylic acids is 2. The first-order chi connectivity index (χ1) is 16.9. The molecular formula is C28H32N2O5. The molecular weight excluding hydrogens is 444 g/mol. The highest BCUT2D eigenvalue weighted by Gasteiger charge is 2.49. The molecule has 3 aliphatic carbocycles. The lowest BCUT2D eigenvalue weighted by molar-refractivity contribution is -0.143. The number of carboxylic acid groups (broad SMARTS) is 1. The molecule has 2 fully saturated rings. The van der Waals surface area contributed by atoms with Gasteiger partial charge >= 0.3 is 12.1 Å². The Morgan fingerprint density at radius 1 is 0.971 bits per heavy atom. The van der Waals surface area contributed by atoms with E-state index in [1.165, 1.54) is 0 Å². The molecule has 0 spiro atoms. The van der Waals surface area contributed by atoms with Gasteiger partial charge in [-0.05, 0) is 67.2 Å². The molecule has 0 saturated heterocycles. The van der Waals surface area contributed by atoms with Crippen molar-refractivity contribution in [3.63, 3.8) is 0 Å². The molecule has 7 nitrogen and oxygen atoms in total. The second-order valence-corrected chi connectivity index (χ2v) is 10.3. The van der Waals surface area contributed by atoms with Crippen LogP contribution in [0.1, 0.15) is 62.5 Å². The van der Waals surface area contributed by atoms with E-state index in [1.807, 2.05) is 24.3 Å². The lowest BCUT2D eigenvalue weighted by Gasteiger charge is -2.34. The van der Waals surface area contributed by atoms with E-state index in [2.05, 4.69) is 34.9 Å². The molecule has 0 aromatic heterocycles. The summed E-state index contributed by atoms with van der Waals surface area (Å²) in [6.45, 7) is 1.93. The van der Waals surface area contributed by atoms with Crippen molar-refractivity contribution in [2.45, 2.75) is 62.9 Å². The molecule has 3 N–H and O–H groups in total. The molecule has 0 radical (unpaired) electrons. The first kappa shape index (κ1) is 23.4. The van der Waals surface area contributed by atoms with E-state index in [4.69, 9.17) is 4.74 Å². The molecule has 2 aromatic carbocycles. The summed E-state index contributed by atoms with van der Waals surface area (Å²) in [6, 6.07) is 16.1. The molecule has 2 aromatic rings. The Morgan fingerprint density at radius 2 is 1.60 bits per heavy atom. The highest BCUT2D eigenvalue weighted by molar-refractivity contribution is 5.90. The van der Waals surface area contributed by atoms with Crippen LogP contribution < -0.4 is 10.6 Å². The number of carbonyl (C=O) groups is 3. The maximum Gasteiger partial charge on any atom is 0.408 e. The fourth-order valence-corrected chi connectivity index (χ4v) is 5.73. The van der Waals surface area contributed by atoms with Gasteiger partial charge in [-0.15, -0.1) is 0 Å². The van der Waals surface area contributed by atoms with Crippen LogP contribution in [0.2, 0.25) is 0 Å². The third-order valence-corrected chi connectivity index (χ3v) is 7.93. The Balaban J connectivity index is 1.24. The Kier molecular flexibility index (Phi) is 6.26. The van der Waals surface area contributed by atoms with Gasteiger partial charge in [-0.25, -0.2) is 4.79 Å². The van der Waals surface area contributed by atoms with Crippen molar-refractivity contribution >= 4 is 18.0 Å². The zero-order chi connectivity index (χ0) is 24.6. The molecule has 0 heterocycles. The minimum atomic E-state index is -1.08. The molecule has 1 unspecified atom stereocenters. The summed E-state index contributed by atoms with van der Waals surface area (Å²) in [5, 5.41) is 15.2. The minimum absolute atomic E-state index is 0.0434. The lowest BCUT2D eigenvalue weighted by atomic mass is 9.85. The number of hydrogen-bond donors (Lipinski definition) is 3. The molecule has 35 heavy (non-hydrogen) atoms. The predicted octanol–water partition coefficient (Wildman–Crippen LogP) is 4.45. The number of ether oxygens (including phenoxy) is 1. The summed E-state index contributed by atoms with van der Waals surface area (Å²) in [5.74, 6) is -1.52. The summed E-state index contributed by atoms with van der Waals surface area (Å²) < 4.78 is 5.69. The summed E-state index contributed by atoms with van der Waals surface area (Å²) in [4.78, 5) is 37.6. The Morgan fingerprint density at radius 3 is 2.20 bits per heavy atom. The second kappa shape index (κ2) is 9.36. The fraction of sp³-hybridized carbons (Fsp3) is 0.464. The quantitative estimate of drug-likeness (QED) is 0.548. The smallest absolute Gasteiger partial charge is 0.408 e. The van der Waals surface area contributed by atoms with E-state index in [1.54, 1.807) is 6.92 Å². The van der Waals surface area contributed by atoms with Crippen LogP contribution in [0.25, 0.3) is 11.1 Å². The molecule has 3 atom stereocenters. The SMILES string of the molecule is CC(NC(=O)OCC1c2ccccc2-c2ccccc21)(C(=O)N[C@H]1CCC[C@@H](C(=O)O)C1)C1CC1. The van der Waals surface area contributed by atoms with Gasteiger partial charge < -0.3 is 20.5 Å². The molecule has 184 valence electrons. The number of amides is 2.